The van der Waals surface area contributed by atoms with Crippen molar-refractivity contribution in [1.29, 1.82) is 0 Å². The maximum atomic E-state index is 11.7. The van der Waals surface area contributed by atoms with Gasteiger partial charge in [-0.25, -0.2) is 4.79 Å². The van der Waals surface area contributed by atoms with Crippen molar-refractivity contribution in [2.45, 2.75) is 18.6 Å². The molecule has 0 spiro atoms. The van der Waals surface area contributed by atoms with E-state index in [0.29, 0.717) is 0 Å². The van der Waals surface area contributed by atoms with Crippen LogP contribution in [0.1, 0.15) is 5.56 Å². The number of hydrogen-bond acceptors (Lipinski definition) is 3. The lowest BCUT2D eigenvalue weighted by atomic mass is 10.1. The molecular formula is C11H10BrNO3. The minimum atomic E-state index is -0.404. The number of rotatable bonds is 1. The molecular weight excluding hydrogens is 274 g/mol. The Balaban J connectivity index is 2.04. The third-order valence-corrected chi connectivity index (χ3v) is 3.61. The van der Waals surface area contributed by atoms with E-state index in [0.717, 1.165) is 22.1 Å². The van der Waals surface area contributed by atoms with E-state index in [-0.39, 0.29) is 18.7 Å². The molecule has 0 bridgehead atoms. The Morgan fingerprint density at radius 3 is 3.12 bits per heavy atom. The minimum Gasteiger partial charge on any atom is -0.441 e. The lowest BCUT2D eigenvalue weighted by Gasteiger charge is -2.14. The highest BCUT2D eigenvalue weighted by atomic mass is 79.9. The van der Waals surface area contributed by atoms with Crippen molar-refractivity contribution in [3.05, 3.63) is 28.2 Å². The van der Waals surface area contributed by atoms with Gasteiger partial charge in [0.15, 0.2) is 0 Å². The van der Waals surface area contributed by atoms with Crippen LogP contribution in [-0.2, 0) is 11.2 Å². The highest BCUT2D eigenvalue weighted by Gasteiger charge is 2.47. The fraction of sp³-hybridized carbons (Fsp3) is 0.364. The first-order valence-electron chi connectivity index (χ1n) is 5.10. The van der Waals surface area contributed by atoms with Crippen LogP contribution in [0.3, 0.4) is 0 Å². The maximum Gasteiger partial charge on any atom is 0.415 e. The first kappa shape index (κ1) is 10.1. The number of halogens is 1. The number of anilines is 1. The van der Waals surface area contributed by atoms with Gasteiger partial charge in [0, 0.05) is 4.47 Å². The predicted octanol–water partition coefficient (Wildman–Crippen LogP) is 1.69. The fourth-order valence-electron chi connectivity index (χ4n) is 2.40. The van der Waals surface area contributed by atoms with Crippen molar-refractivity contribution in [1.82, 2.24) is 0 Å². The van der Waals surface area contributed by atoms with Gasteiger partial charge in [-0.05, 0) is 30.2 Å². The van der Waals surface area contributed by atoms with Gasteiger partial charge in [0.2, 0.25) is 0 Å². The summed E-state index contributed by atoms with van der Waals surface area (Å²) in [5.74, 6) is 0. The average Bonchev–Trinajstić information content (AvgIpc) is 2.76. The normalized spacial score (nSPS) is 26.6. The summed E-state index contributed by atoms with van der Waals surface area (Å²) in [5, 5.41) is 9.15. The predicted molar refractivity (Wildman–Crippen MR) is 61.5 cm³/mol. The molecule has 0 aliphatic carbocycles. The van der Waals surface area contributed by atoms with Gasteiger partial charge in [0.25, 0.3) is 0 Å². The largest absolute Gasteiger partial charge is 0.441 e. The molecule has 3 rings (SSSR count). The number of amides is 1. The summed E-state index contributed by atoms with van der Waals surface area (Å²) in [4.78, 5) is 13.3. The molecule has 0 saturated carbocycles. The highest BCUT2D eigenvalue weighted by molar-refractivity contribution is 9.10. The summed E-state index contributed by atoms with van der Waals surface area (Å²) in [6.07, 6.45) is -0.0186. The van der Waals surface area contributed by atoms with E-state index in [1.807, 2.05) is 18.2 Å². The van der Waals surface area contributed by atoms with Gasteiger partial charge in [-0.15, -0.1) is 0 Å². The summed E-state index contributed by atoms with van der Waals surface area (Å²) in [7, 11) is 0. The maximum absolute atomic E-state index is 11.7. The summed E-state index contributed by atoms with van der Waals surface area (Å²) in [5.41, 5.74) is 2.02. The number of nitrogens with zero attached hydrogens (tertiary/aromatic N) is 1. The van der Waals surface area contributed by atoms with Crippen LogP contribution in [0.15, 0.2) is 22.7 Å². The Morgan fingerprint density at radius 1 is 1.56 bits per heavy atom. The molecule has 1 N–H and O–H groups in total. The molecule has 2 heterocycles. The third kappa shape index (κ3) is 1.28. The number of ether oxygens (including phenoxy) is 1. The Bertz CT molecular complexity index is 463. The second-order valence-electron chi connectivity index (χ2n) is 4.02. The molecule has 1 aromatic carbocycles. The molecule has 1 saturated heterocycles. The number of aliphatic hydroxyl groups excluding tert-OH is 1. The van der Waals surface area contributed by atoms with Gasteiger partial charge >= 0.3 is 6.09 Å². The van der Waals surface area contributed by atoms with Crippen molar-refractivity contribution in [3.63, 3.8) is 0 Å². The first-order valence-corrected chi connectivity index (χ1v) is 5.89. The Kier molecular flexibility index (Phi) is 2.19. The molecule has 16 heavy (non-hydrogen) atoms. The second kappa shape index (κ2) is 3.46. The van der Waals surface area contributed by atoms with Crippen LogP contribution in [0.2, 0.25) is 0 Å². The monoisotopic (exact) mass is 283 g/mol. The van der Waals surface area contributed by atoms with Crippen LogP contribution in [0.5, 0.6) is 0 Å². The zero-order valence-corrected chi connectivity index (χ0v) is 9.98. The third-order valence-electron chi connectivity index (χ3n) is 3.12. The summed E-state index contributed by atoms with van der Waals surface area (Å²) >= 11 is 3.41. The van der Waals surface area contributed by atoms with Crippen molar-refractivity contribution < 1.29 is 14.6 Å². The number of fused-ring (bicyclic) bond motifs is 3. The summed E-state index contributed by atoms with van der Waals surface area (Å²) in [6.45, 7) is -0.123. The lowest BCUT2D eigenvalue weighted by Crippen LogP contribution is -2.34. The van der Waals surface area contributed by atoms with E-state index < -0.39 is 6.10 Å². The van der Waals surface area contributed by atoms with E-state index in [2.05, 4.69) is 15.9 Å². The van der Waals surface area contributed by atoms with Crippen LogP contribution in [-0.4, -0.2) is 30.0 Å². The van der Waals surface area contributed by atoms with Crippen LogP contribution in [0.4, 0.5) is 10.5 Å². The van der Waals surface area contributed by atoms with E-state index in [1.165, 1.54) is 0 Å². The number of carbonyl (C=O) groups excluding carboxylic acids is 1. The lowest BCUT2D eigenvalue weighted by molar-refractivity contribution is 0.0830. The molecule has 2 aliphatic heterocycles. The minimum absolute atomic E-state index is 0.0539. The van der Waals surface area contributed by atoms with Gasteiger partial charge in [-0.2, -0.15) is 0 Å². The molecule has 0 radical (unpaired) electrons. The zero-order valence-electron chi connectivity index (χ0n) is 8.39. The van der Waals surface area contributed by atoms with E-state index in [9.17, 15) is 4.79 Å². The Morgan fingerprint density at radius 2 is 2.38 bits per heavy atom. The molecule has 1 aromatic rings. The summed E-state index contributed by atoms with van der Waals surface area (Å²) < 4.78 is 6.09. The number of cyclic esters (lactones) is 1. The van der Waals surface area contributed by atoms with Crippen LogP contribution >= 0.6 is 15.9 Å². The Hall–Kier alpha value is -1.07. The number of aliphatic hydroxyl groups is 1. The van der Waals surface area contributed by atoms with Gasteiger partial charge in [-0.3, -0.25) is 4.90 Å². The fourth-order valence-corrected chi connectivity index (χ4v) is 2.81. The van der Waals surface area contributed by atoms with Crippen molar-refractivity contribution in [3.8, 4) is 0 Å². The molecule has 5 heteroatoms. The second-order valence-corrected chi connectivity index (χ2v) is 4.93. The molecule has 84 valence electrons. The number of benzene rings is 1. The van der Waals surface area contributed by atoms with Crippen molar-refractivity contribution in [2.75, 3.05) is 11.5 Å². The van der Waals surface area contributed by atoms with Gasteiger partial charge < -0.3 is 9.84 Å². The van der Waals surface area contributed by atoms with E-state index in [4.69, 9.17) is 9.84 Å². The Labute approximate surface area is 101 Å². The van der Waals surface area contributed by atoms with Crippen LogP contribution in [0, 0.1) is 0 Å². The molecule has 0 unspecified atom stereocenters. The summed E-state index contributed by atoms with van der Waals surface area (Å²) in [6, 6.07) is 5.76. The molecule has 2 aliphatic rings. The van der Waals surface area contributed by atoms with Gasteiger partial charge in [-0.1, -0.05) is 15.9 Å². The molecule has 1 amide bonds. The molecule has 2 atom stereocenters. The van der Waals surface area contributed by atoms with Crippen LogP contribution < -0.4 is 4.90 Å². The smallest absolute Gasteiger partial charge is 0.415 e. The first-order chi connectivity index (χ1) is 7.70. The van der Waals surface area contributed by atoms with Gasteiger partial charge in [0.05, 0.1) is 18.3 Å². The quantitative estimate of drug-likeness (QED) is 0.853. The van der Waals surface area contributed by atoms with E-state index >= 15 is 0 Å². The molecule has 1 fully saturated rings. The average molecular weight is 284 g/mol. The molecule has 0 aromatic heterocycles. The van der Waals surface area contributed by atoms with Crippen molar-refractivity contribution >= 4 is 27.7 Å². The highest BCUT2D eigenvalue weighted by Crippen LogP contribution is 2.39. The molecule has 4 nitrogen and oxygen atoms in total. The zero-order chi connectivity index (χ0) is 11.3. The standard InChI is InChI=1S/C11H10BrNO3/c12-7-1-2-8-6(3-7)4-9-10(5-14)16-11(15)13(8)9/h1-3,9-10,14H,4-5H2/t9-,10+/m1/s1. The van der Waals surface area contributed by atoms with Gasteiger partial charge in [0.1, 0.15) is 6.10 Å². The number of hydrogen-bond donors (Lipinski definition) is 1. The van der Waals surface area contributed by atoms with E-state index in [1.54, 1.807) is 4.90 Å². The van der Waals surface area contributed by atoms with Crippen LogP contribution in [0.25, 0.3) is 0 Å². The van der Waals surface area contributed by atoms with Crippen molar-refractivity contribution in [2.24, 2.45) is 0 Å². The number of carbonyl (C=O) groups is 1. The SMILES string of the molecule is O=C1O[C@@H](CO)[C@H]2Cc3cc(Br)ccc3N12. The topological polar surface area (TPSA) is 49.8 Å².